The summed E-state index contributed by atoms with van der Waals surface area (Å²) in [7, 11) is 0. The van der Waals surface area contributed by atoms with Gasteiger partial charge in [-0.2, -0.15) is 5.10 Å². The van der Waals surface area contributed by atoms with Gasteiger partial charge < -0.3 is 4.74 Å². The van der Waals surface area contributed by atoms with Crippen LogP contribution in [0.4, 0.5) is 0 Å². The Morgan fingerprint density at radius 2 is 2.24 bits per heavy atom. The van der Waals surface area contributed by atoms with E-state index in [9.17, 15) is 4.79 Å². The number of ether oxygens (including phenoxy) is 1. The molecule has 0 saturated heterocycles. The van der Waals surface area contributed by atoms with E-state index < -0.39 is 0 Å². The van der Waals surface area contributed by atoms with Crippen molar-refractivity contribution in [1.29, 1.82) is 0 Å². The van der Waals surface area contributed by atoms with E-state index in [0.717, 1.165) is 21.9 Å². The molecule has 17 heavy (non-hydrogen) atoms. The molecule has 2 rings (SSSR count). The molecule has 0 saturated carbocycles. The zero-order valence-corrected chi connectivity index (χ0v) is 11.3. The van der Waals surface area contributed by atoms with Crippen LogP contribution in [0.5, 0.6) is 0 Å². The fraction of sp³-hybridized carbons (Fsp3) is 0.333. The monoisotopic (exact) mass is 296 g/mol. The number of benzene rings is 1. The first kappa shape index (κ1) is 12.1. The first-order valence-corrected chi connectivity index (χ1v) is 6.28. The number of fused-ring (bicyclic) bond motifs is 1. The van der Waals surface area contributed by atoms with Gasteiger partial charge in [0.1, 0.15) is 0 Å². The molecule has 0 aliphatic heterocycles. The molecule has 0 aliphatic carbocycles. The highest BCUT2D eigenvalue weighted by Crippen LogP contribution is 2.26. The van der Waals surface area contributed by atoms with Crippen molar-refractivity contribution in [3.8, 4) is 0 Å². The number of aromatic nitrogens is 2. The molecule has 0 unspecified atom stereocenters. The Bertz CT molecular complexity index is 563. The summed E-state index contributed by atoms with van der Waals surface area (Å²) in [6.07, 6.45) is 1.79. The zero-order chi connectivity index (χ0) is 12.4. The maximum Gasteiger partial charge on any atom is 0.338 e. The van der Waals surface area contributed by atoms with Crippen molar-refractivity contribution in [3.05, 3.63) is 28.4 Å². The Morgan fingerprint density at radius 1 is 1.47 bits per heavy atom. The van der Waals surface area contributed by atoms with E-state index in [1.165, 1.54) is 0 Å². The van der Waals surface area contributed by atoms with E-state index in [-0.39, 0.29) is 5.97 Å². The highest BCUT2D eigenvalue weighted by atomic mass is 79.9. The molecule has 0 radical (unpaired) electrons. The van der Waals surface area contributed by atoms with Crippen molar-refractivity contribution in [2.45, 2.75) is 20.4 Å². The highest BCUT2D eigenvalue weighted by molar-refractivity contribution is 9.10. The summed E-state index contributed by atoms with van der Waals surface area (Å²) in [5, 5.41) is 5.26. The third-order valence-corrected chi connectivity index (χ3v) is 3.18. The lowest BCUT2D eigenvalue weighted by Gasteiger charge is -2.05. The smallest absolute Gasteiger partial charge is 0.338 e. The average Bonchev–Trinajstić information content (AvgIpc) is 2.72. The van der Waals surface area contributed by atoms with Crippen molar-refractivity contribution in [2.24, 2.45) is 0 Å². The van der Waals surface area contributed by atoms with Gasteiger partial charge in [-0.3, -0.25) is 4.68 Å². The summed E-state index contributed by atoms with van der Waals surface area (Å²) in [6.45, 7) is 4.95. The molecular formula is C12H13BrN2O2. The third-order valence-electron chi connectivity index (χ3n) is 2.52. The molecule has 5 heteroatoms. The minimum atomic E-state index is -0.307. The van der Waals surface area contributed by atoms with Crippen LogP contribution in [0.3, 0.4) is 0 Å². The Morgan fingerprint density at radius 3 is 2.88 bits per heavy atom. The van der Waals surface area contributed by atoms with Crippen LogP contribution in [-0.4, -0.2) is 22.4 Å². The predicted octanol–water partition coefficient (Wildman–Crippen LogP) is 3.00. The number of carbonyl (C=O) groups excluding carboxylic acids is 1. The summed E-state index contributed by atoms with van der Waals surface area (Å²) in [5.74, 6) is -0.307. The van der Waals surface area contributed by atoms with Crippen LogP contribution in [0.1, 0.15) is 24.2 Å². The zero-order valence-electron chi connectivity index (χ0n) is 9.74. The topological polar surface area (TPSA) is 44.1 Å². The first-order chi connectivity index (χ1) is 8.17. The van der Waals surface area contributed by atoms with Crippen LogP contribution in [0.15, 0.2) is 22.8 Å². The highest BCUT2D eigenvalue weighted by Gasteiger charge is 2.12. The van der Waals surface area contributed by atoms with Gasteiger partial charge in [0, 0.05) is 16.4 Å². The molecule has 2 aromatic rings. The maximum absolute atomic E-state index is 11.7. The Hall–Kier alpha value is -1.36. The van der Waals surface area contributed by atoms with Gasteiger partial charge in [-0.05, 0) is 26.0 Å². The van der Waals surface area contributed by atoms with Gasteiger partial charge in [0.05, 0.1) is 23.9 Å². The van der Waals surface area contributed by atoms with E-state index >= 15 is 0 Å². The lowest BCUT2D eigenvalue weighted by Crippen LogP contribution is -2.05. The fourth-order valence-corrected chi connectivity index (χ4v) is 2.27. The summed E-state index contributed by atoms with van der Waals surface area (Å²) < 4.78 is 7.70. The quantitative estimate of drug-likeness (QED) is 0.818. The van der Waals surface area contributed by atoms with Crippen LogP contribution in [0.2, 0.25) is 0 Å². The largest absolute Gasteiger partial charge is 0.462 e. The van der Waals surface area contributed by atoms with Crippen molar-refractivity contribution in [3.63, 3.8) is 0 Å². The van der Waals surface area contributed by atoms with Gasteiger partial charge in [-0.15, -0.1) is 0 Å². The predicted molar refractivity (Wildman–Crippen MR) is 69.1 cm³/mol. The molecule has 0 atom stereocenters. The number of rotatable bonds is 3. The Kier molecular flexibility index (Phi) is 3.47. The number of hydrogen-bond acceptors (Lipinski definition) is 3. The summed E-state index contributed by atoms with van der Waals surface area (Å²) in [6, 6.07) is 3.58. The molecule has 0 spiro atoms. The number of aryl methyl sites for hydroxylation is 1. The minimum absolute atomic E-state index is 0.307. The number of hydrogen-bond donors (Lipinski definition) is 0. The molecule has 90 valence electrons. The second kappa shape index (κ2) is 4.87. The lowest BCUT2D eigenvalue weighted by atomic mass is 10.1. The Labute approximate surface area is 108 Å². The number of carbonyl (C=O) groups is 1. The molecule has 0 N–H and O–H groups in total. The average molecular weight is 297 g/mol. The maximum atomic E-state index is 11.7. The van der Waals surface area contributed by atoms with Gasteiger partial charge >= 0.3 is 5.97 Å². The molecule has 0 fully saturated rings. The minimum Gasteiger partial charge on any atom is -0.462 e. The van der Waals surface area contributed by atoms with Crippen LogP contribution in [0, 0.1) is 0 Å². The molecular weight excluding hydrogens is 284 g/mol. The molecule has 0 aliphatic rings. The van der Waals surface area contributed by atoms with Crippen molar-refractivity contribution < 1.29 is 9.53 Å². The molecule has 1 aromatic heterocycles. The van der Waals surface area contributed by atoms with E-state index in [4.69, 9.17) is 4.74 Å². The second-order valence-electron chi connectivity index (χ2n) is 3.57. The van der Waals surface area contributed by atoms with E-state index in [2.05, 4.69) is 21.0 Å². The van der Waals surface area contributed by atoms with E-state index in [1.807, 2.05) is 17.7 Å². The van der Waals surface area contributed by atoms with Crippen molar-refractivity contribution in [1.82, 2.24) is 9.78 Å². The normalized spacial score (nSPS) is 10.8. The molecule has 1 heterocycles. The SMILES string of the molecule is CCOC(=O)c1cc(Br)c2cnn(CC)c2c1. The Balaban J connectivity index is 2.56. The second-order valence-corrected chi connectivity index (χ2v) is 4.43. The van der Waals surface area contributed by atoms with Crippen molar-refractivity contribution in [2.75, 3.05) is 6.61 Å². The summed E-state index contributed by atoms with van der Waals surface area (Å²) in [4.78, 5) is 11.7. The van der Waals surface area contributed by atoms with Crippen LogP contribution < -0.4 is 0 Å². The van der Waals surface area contributed by atoms with Gasteiger partial charge in [0.25, 0.3) is 0 Å². The van der Waals surface area contributed by atoms with Crippen LogP contribution >= 0.6 is 15.9 Å². The fourth-order valence-electron chi connectivity index (χ4n) is 1.72. The molecule has 4 nitrogen and oxygen atoms in total. The molecule has 1 aromatic carbocycles. The van der Waals surface area contributed by atoms with Crippen LogP contribution in [0.25, 0.3) is 10.9 Å². The summed E-state index contributed by atoms with van der Waals surface area (Å²) >= 11 is 3.45. The number of esters is 1. The standard InChI is InChI=1S/C12H13BrN2O2/c1-3-15-11-6-8(12(16)17-4-2)5-10(13)9(11)7-14-15/h5-7H,3-4H2,1-2H3. The molecule has 0 bridgehead atoms. The van der Waals surface area contributed by atoms with Crippen LogP contribution in [-0.2, 0) is 11.3 Å². The van der Waals surface area contributed by atoms with Gasteiger partial charge in [-0.25, -0.2) is 4.79 Å². The third kappa shape index (κ3) is 2.20. The molecule has 0 amide bonds. The van der Waals surface area contributed by atoms with E-state index in [0.29, 0.717) is 12.2 Å². The van der Waals surface area contributed by atoms with E-state index in [1.54, 1.807) is 19.2 Å². The number of nitrogens with zero attached hydrogens (tertiary/aromatic N) is 2. The number of halogens is 1. The van der Waals surface area contributed by atoms with Gasteiger partial charge in [0.15, 0.2) is 0 Å². The van der Waals surface area contributed by atoms with Gasteiger partial charge in [-0.1, -0.05) is 15.9 Å². The first-order valence-electron chi connectivity index (χ1n) is 5.49. The van der Waals surface area contributed by atoms with Gasteiger partial charge in [0.2, 0.25) is 0 Å². The summed E-state index contributed by atoms with van der Waals surface area (Å²) in [5.41, 5.74) is 1.48. The lowest BCUT2D eigenvalue weighted by molar-refractivity contribution is 0.0526. The van der Waals surface area contributed by atoms with Crippen molar-refractivity contribution >= 4 is 32.8 Å².